The fraction of sp³-hybridized carbons (Fsp3) is 0.0833. The van der Waals surface area contributed by atoms with Crippen molar-refractivity contribution in [2.45, 2.75) is 6.10 Å². The molecule has 0 amide bonds. The minimum Gasteiger partial charge on any atom is -0.466 e. The molecule has 80 valence electrons. The summed E-state index contributed by atoms with van der Waals surface area (Å²) in [5.74, 6) is 0.527. The smallest absolute Gasteiger partial charge is 0.140 e. The number of hydrogen-bond acceptors (Lipinski definition) is 3. The number of aliphatic hydroxyl groups is 1. The number of aromatic nitrogens is 2. The molecule has 3 aromatic heterocycles. The Hall–Kier alpha value is -2.07. The molecule has 3 aromatic rings. The highest BCUT2D eigenvalue weighted by Gasteiger charge is 2.17. The van der Waals surface area contributed by atoms with Gasteiger partial charge in [0.2, 0.25) is 0 Å². The summed E-state index contributed by atoms with van der Waals surface area (Å²) in [6, 6.07) is 9.22. The molecule has 3 rings (SSSR count). The Bertz CT molecular complexity index is 598. The van der Waals surface area contributed by atoms with Crippen molar-refractivity contribution in [1.82, 2.24) is 9.61 Å². The molecule has 0 bridgehead atoms. The van der Waals surface area contributed by atoms with Crippen LogP contribution in [0.5, 0.6) is 0 Å². The molecule has 1 atom stereocenters. The average Bonchev–Trinajstić information content (AvgIpc) is 2.98. The Morgan fingerprint density at radius 1 is 1.25 bits per heavy atom. The third-order valence-corrected chi connectivity index (χ3v) is 2.56. The highest BCUT2D eigenvalue weighted by molar-refractivity contribution is 5.55. The van der Waals surface area contributed by atoms with E-state index in [9.17, 15) is 5.11 Å². The van der Waals surface area contributed by atoms with Crippen LogP contribution in [0.25, 0.3) is 5.52 Å². The number of nitrogens with zero attached hydrogens (tertiary/aromatic N) is 2. The van der Waals surface area contributed by atoms with Crippen LogP contribution in [-0.2, 0) is 0 Å². The lowest BCUT2D eigenvalue weighted by atomic mass is 10.1. The number of hydrogen-bond donors (Lipinski definition) is 1. The van der Waals surface area contributed by atoms with Crippen molar-refractivity contribution in [3.8, 4) is 0 Å². The van der Waals surface area contributed by atoms with Crippen molar-refractivity contribution in [2.75, 3.05) is 0 Å². The SMILES string of the molecule is OC(c1ccco1)c1cnn2ccccc12. The largest absolute Gasteiger partial charge is 0.466 e. The summed E-state index contributed by atoms with van der Waals surface area (Å²) in [5, 5.41) is 14.3. The zero-order valence-corrected chi connectivity index (χ0v) is 8.45. The van der Waals surface area contributed by atoms with Crippen molar-refractivity contribution in [1.29, 1.82) is 0 Å². The van der Waals surface area contributed by atoms with Gasteiger partial charge in [0.25, 0.3) is 0 Å². The maximum Gasteiger partial charge on any atom is 0.140 e. The summed E-state index contributed by atoms with van der Waals surface area (Å²) in [4.78, 5) is 0. The predicted molar refractivity (Wildman–Crippen MR) is 58.0 cm³/mol. The van der Waals surface area contributed by atoms with Gasteiger partial charge in [0.15, 0.2) is 0 Å². The predicted octanol–water partition coefficient (Wildman–Crippen LogP) is 2.01. The lowest BCUT2D eigenvalue weighted by Crippen LogP contribution is -1.97. The first-order valence-corrected chi connectivity index (χ1v) is 5.00. The number of furan rings is 1. The standard InChI is InChI=1S/C12H10N2O2/c15-12(11-5-3-7-16-11)9-8-13-14-6-2-1-4-10(9)14/h1-8,12,15H. The molecule has 0 saturated carbocycles. The molecular formula is C12H10N2O2. The van der Waals surface area contributed by atoms with Crippen LogP contribution >= 0.6 is 0 Å². The first-order valence-electron chi connectivity index (χ1n) is 5.00. The molecule has 4 heteroatoms. The van der Waals surface area contributed by atoms with Gasteiger partial charge in [0, 0.05) is 11.8 Å². The van der Waals surface area contributed by atoms with Crippen molar-refractivity contribution in [3.63, 3.8) is 0 Å². The second-order valence-corrected chi connectivity index (χ2v) is 3.55. The van der Waals surface area contributed by atoms with Crippen molar-refractivity contribution >= 4 is 5.52 Å². The summed E-state index contributed by atoms with van der Waals surface area (Å²) in [6.07, 6.45) is 4.27. The lowest BCUT2D eigenvalue weighted by Gasteiger charge is -2.05. The van der Waals surface area contributed by atoms with Gasteiger partial charge in [-0.05, 0) is 24.3 Å². The van der Waals surface area contributed by atoms with Crippen LogP contribution in [0.1, 0.15) is 17.4 Å². The van der Waals surface area contributed by atoms with Crippen LogP contribution in [0.3, 0.4) is 0 Å². The third kappa shape index (κ3) is 1.31. The molecule has 0 aromatic carbocycles. The molecular weight excluding hydrogens is 204 g/mol. The fourth-order valence-electron chi connectivity index (χ4n) is 1.77. The number of fused-ring (bicyclic) bond motifs is 1. The quantitative estimate of drug-likeness (QED) is 0.709. The second kappa shape index (κ2) is 3.50. The third-order valence-electron chi connectivity index (χ3n) is 2.56. The maximum atomic E-state index is 10.1. The second-order valence-electron chi connectivity index (χ2n) is 3.55. The molecule has 0 aliphatic heterocycles. The minimum absolute atomic E-state index is 0.527. The van der Waals surface area contributed by atoms with E-state index >= 15 is 0 Å². The highest BCUT2D eigenvalue weighted by atomic mass is 16.4. The van der Waals surface area contributed by atoms with Gasteiger partial charge >= 0.3 is 0 Å². The molecule has 1 unspecified atom stereocenters. The van der Waals surface area contributed by atoms with Crippen LogP contribution in [0.4, 0.5) is 0 Å². The van der Waals surface area contributed by atoms with Gasteiger partial charge in [-0.1, -0.05) is 6.07 Å². The minimum atomic E-state index is -0.769. The van der Waals surface area contributed by atoms with E-state index in [-0.39, 0.29) is 0 Å². The number of aliphatic hydroxyl groups excluding tert-OH is 1. The van der Waals surface area contributed by atoms with E-state index in [4.69, 9.17) is 4.42 Å². The Morgan fingerprint density at radius 3 is 3.00 bits per heavy atom. The first kappa shape index (κ1) is 9.18. The van der Waals surface area contributed by atoms with Gasteiger partial charge in [-0.25, -0.2) is 4.52 Å². The van der Waals surface area contributed by atoms with Gasteiger partial charge in [-0.15, -0.1) is 0 Å². The van der Waals surface area contributed by atoms with Gasteiger partial charge in [-0.2, -0.15) is 5.10 Å². The average molecular weight is 214 g/mol. The molecule has 4 nitrogen and oxygen atoms in total. The van der Waals surface area contributed by atoms with E-state index in [0.717, 1.165) is 11.1 Å². The Balaban J connectivity index is 2.12. The van der Waals surface area contributed by atoms with E-state index in [1.165, 1.54) is 0 Å². The Labute approximate surface area is 91.7 Å². The van der Waals surface area contributed by atoms with E-state index in [1.807, 2.05) is 24.4 Å². The van der Waals surface area contributed by atoms with Crippen molar-refractivity contribution in [3.05, 3.63) is 60.3 Å². The molecule has 1 N–H and O–H groups in total. The van der Waals surface area contributed by atoms with Crippen LogP contribution < -0.4 is 0 Å². The van der Waals surface area contributed by atoms with E-state index in [0.29, 0.717) is 5.76 Å². The monoisotopic (exact) mass is 214 g/mol. The zero-order valence-electron chi connectivity index (χ0n) is 8.45. The summed E-state index contributed by atoms with van der Waals surface area (Å²) in [5.41, 5.74) is 1.63. The van der Waals surface area contributed by atoms with E-state index in [2.05, 4.69) is 5.10 Å². The van der Waals surface area contributed by atoms with Crippen LogP contribution in [0, 0.1) is 0 Å². The summed E-state index contributed by atoms with van der Waals surface area (Å²) in [7, 11) is 0. The van der Waals surface area contributed by atoms with Gasteiger partial charge in [-0.3, -0.25) is 0 Å². The Morgan fingerprint density at radius 2 is 2.19 bits per heavy atom. The Kier molecular flexibility index (Phi) is 2.01. The highest BCUT2D eigenvalue weighted by Crippen LogP contribution is 2.25. The summed E-state index contributed by atoms with van der Waals surface area (Å²) < 4.78 is 6.90. The molecule has 16 heavy (non-hydrogen) atoms. The maximum absolute atomic E-state index is 10.1. The summed E-state index contributed by atoms with van der Waals surface area (Å²) in [6.45, 7) is 0. The van der Waals surface area contributed by atoms with Gasteiger partial charge in [0.1, 0.15) is 11.9 Å². The molecule has 0 saturated heterocycles. The topological polar surface area (TPSA) is 50.7 Å². The van der Waals surface area contributed by atoms with Crippen molar-refractivity contribution < 1.29 is 9.52 Å². The normalized spacial score (nSPS) is 13.1. The molecule has 0 fully saturated rings. The molecule has 0 aliphatic carbocycles. The van der Waals surface area contributed by atoms with Crippen LogP contribution in [-0.4, -0.2) is 14.7 Å². The molecule has 0 aliphatic rings. The van der Waals surface area contributed by atoms with Crippen LogP contribution in [0.2, 0.25) is 0 Å². The summed E-state index contributed by atoms with van der Waals surface area (Å²) >= 11 is 0. The zero-order chi connectivity index (χ0) is 11.0. The fourth-order valence-corrected chi connectivity index (χ4v) is 1.77. The van der Waals surface area contributed by atoms with Gasteiger partial charge < -0.3 is 9.52 Å². The van der Waals surface area contributed by atoms with Crippen LogP contribution in [0.15, 0.2) is 53.4 Å². The first-order chi connectivity index (χ1) is 7.86. The van der Waals surface area contributed by atoms with Crippen molar-refractivity contribution in [2.24, 2.45) is 0 Å². The number of rotatable bonds is 2. The van der Waals surface area contributed by atoms with E-state index in [1.54, 1.807) is 29.1 Å². The lowest BCUT2D eigenvalue weighted by molar-refractivity contribution is 0.190. The molecule has 0 radical (unpaired) electrons. The number of pyridine rings is 1. The van der Waals surface area contributed by atoms with E-state index < -0.39 is 6.10 Å². The molecule has 0 spiro atoms. The molecule has 3 heterocycles. The van der Waals surface area contributed by atoms with Gasteiger partial charge in [0.05, 0.1) is 18.0 Å².